The highest BCUT2D eigenvalue weighted by atomic mass is 31.2. The Hall–Kier alpha value is -4.77. The normalized spacial score (nSPS) is 22.1. The molecule has 5 aromatic rings. The number of aliphatic hydroxyl groups is 2. The van der Waals surface area contributed by atoms with E-state index >= 15 is 0 Å². The average molecular weight is 743 g/mol. The number of rotatable bonds is 13. The number of carbonyl (C=O) groups excluding carboxylic acids is 1. The summed E-state index contributed by atoms with van der Waals surface area (Å²) in [5.41, 5.74) is 4.18. The Labute approximate surface area is 296 Å². The van der Waals surface area contributed by atoms with E-state index in [0.29, 0.717) is 11.5 Å². The van der Waals surface area contributed by atoms with Crippen molar-refractivity contribution in [2.75, 3.05) is 19.5 Å². The topological polar surface area (TPSA) is 202 Å². The Balaban J connectivity index is 1.27. The number of halogens is 2. The Kier molecular flexibility index (Phi) is 10.5. The molecule has 6 rings (SSSR count). The standard InChI is InChI=1S/C34H37F2N6O9P/c1-18(2)26(31(44)48-15-20-12-13-21(35)14-23(20)36)41-52(46,51-24-11-7-9-19-8-5-6-10-22(19)24)49-16-25-28(43)34(3,45)32(50-25)42-17-38-27-29(42)39-33(37)40-30(27)47-4/h5-14,17-18,25-26,28,32,43,45H,15-16H2,1-4H3,(H,41,46)(H2,37,39,40). The van der Waals surface area contributed by atoms with E-state index in [9.17, 15) is 28.4 Å². The SMILES string of the molecule is COc1nc(N)nc2c1ncn2C1OC(COP(=O)(NC(C(=O)OCc2ccc(F)cc2F)C(C)C)Oc2cccc3ccccc23)C(O)C1(C)O. The lowest BCUT2D eigenvalue weighted by molar-refractivity contribution is -0.148. The molecule has 0 radical (unpaired) electrons. The van der Waals surface area contributed by atoms with Gasteiger partial charge in [0.25, 0.3) is 0 Å². The van der Waals surface area contributed by atoms with Crippen LogP contribution in [0.2, 0.25) is 0 Å². The number of anilines is 1. The van der Waals surface area contributed by atoms with E-state index in [0.717, 1.165) is 17.5 Å². The molecule has 5 N–H and O–H groups in total. The number of aromatic nitrogens is 4. The van der Waals surface area contributed by atoms with Gasteiger partial charge in [-0.25, -0.2) is 18.3 Å². The van der Waals surface area contributed by atoms with Crippen LogP contribution in [0.5, 0.6) is 11.6 Å². The third-order valence-corrected chi connectivity index (χ3v) is 10.1. The summed E-state index contributed by atoms with van der Waals surface area (Å²) in [5, 5.41) is 26.7. The Morgan fingerprint density at radius 2 is 1.90 bits per heavy atom. The molecule has 0 amide bonds. The summed E-state index contributed by atoms with van der Waals surface area (Å²) in [7, 11) is -3.22. The van der Waals surface area contributed by atoms with Crippen molar-refractivity contribution >= 4 is 41.6 Å². The number of nitrogens with one attached hydrogen (secondary N) is 1. The van der Waals surface area contributed by atoms with Crippen molar-refractivity contribution in [1.82, 2.24) is 24.6 Å². The monoisotopic (exact) mass is 742 g/mol. The first-order chi connectivity index (χ1) is 24.7. The summed E-state index contributed by atoms with van der Waals surface area (Å²) in [5.74, 6) is -3.10. The first-order valence-electron chi connectivity index (χ1n) is 16.1. The number of ether oxygens (including phenoxy) is 3. The van der Waals surface area contributed by atoms with Crippen LogP contribution in [0.25, 0.3) is 21.9 Å². The largest absolute Gasteiger partial charge is 0.479 e. The van der Waals surface area contributed by atoms with E-state index in [1.165, 1.54) is 24.9 Å². The van der Waals surface area contributed by atoms with Crippen molar-refractivity contribution in [2.45, 2.75) is 57.5 Å². The summed E-state index contributed by atoms with van der Waals surface area (Å²) >= 11 is 0. The predicted molar refractivity (Wildman–Crippen MR) is 183 cm³/mol. The van der Waals surface area contributed by atoms with Crippen LogP contribution in [0.3, 0.4) is 0 Å². The van der Waals surface area contributed by atoms with Gasteiger partial charge >= 0.3 is 13.7 Å². The zero-order valence-electron chi connectivity index (χ0n) is 28.5. The van der Waals surface area contributed by atoms with Gasteiger partial charge in [0.15, 0.2) is 17.4 Å². The quantitative estimate of drug-likeness (QED) is 0.0975. The van der Waals surface area contributed by atoms with E-state index in [4.69, 9.17) is 29.0 Å². The number of nitrogens with two attached hydrogens (primary N) is 1. The van der Waals surface area contributed by atoms with Gasteiger partial charge in [0.2, 0.25) is 11.8 Å². The third-order valence-electron chi connectivity index (χ3n) is 8.59. The minimum atomic E-state index is -4.60. The third kappa shape index (κ3) is 7.42. The second-order valence-electron chi connectivity index (χ2n) is 12.7. The summed E-state index contributed by atoms with van der Waals surface area (Å²) in [6, 6.07) is 13.7. The molecule has 276 valence electrons. The molecule has 6 atom stereocenters. The van der Waals surface area contributed by atoms with Gasteiger partial charge in [-0.05, 0) is 36.4 Å². The molecule has 1 saturated heterocycles. The lowest BCUT2D eigenvalue weighted by Crippen LogP contribution is -2.45. The molecule has 0 bridgehead atoms. The predicted octanol–water partition coefficient (Wildman–Crippen LogP) is 4.42. The molecule has 52 heavy (non-hydrogen) atoms. The molecule has 0 saturated carbocycles. The molecule has 15 nitrogen and oxygen atoms in total. The molecule has 0 spiro atoms. The minimum Gasteiger partial charge on any atom is -0.479 e. The van der Waals surface area contributed by atoms with Gasteiger partial charge in [-0.1, -0.05) is 50.2 Å². The van der Waals surface area contributed by atoms with Gasteiger partial charge < -0.3 is 34.7 Å². The Morgan fingerprint density at radius 3 is 2.63 bits per heavy atom. The van der Waals surface area contributed by atoms with E-state index in [-0.39, 0.29) is 34.3 Å². The summed E-state index contributed by atoms with van der Waals surface area (Å²) < 4.78 is 72.3. The van der Waals surface area contributed by atoms with E-state index in [2.05, 4.69) is 20.0 Å². The van der Waals surface area contributed by atoms with E-state index in [1.807, 2.05) is 18.2 Å². The van der Waals surface area contributed by atoms with E-state index < -0.39 is 74.6 Å². The number of imidazole rings is 1. The fourth-order valence-corrected chi connectivity index (χ4v) is 7.47. The number of fused-ring (bicyclic) bond motifs is 2. The van der Waals surface area contributed by atoms with Crippen LogP contribution in [-0.2, 0) is 30.0 Å². The van der Waals surface area contributed by atoms with Gasteiger partial charge in [-0.15, -0.1) is 0 Å². The van der Waals surface area contributed by atoms with Crippen LogP contribution in [0, 0.1) is 17.6 Å². The lowest BCUT2D eigenvalue weighted by Gasteiger charge is -2.28. The summed E-state index contributed by atoms with van der Waals surface area (Å²) in [4.78, 5) is 25.8. The summed E-state index contributed by atoms with van der Waals surface area (Å²) in [6.07, 6.45) is -2.91. The van der Waals surface area contributed by atoms with Crippen LogP contribution >= 0.6 is 7.75 Å². The van der Waals surface area contributed by atoms with Crippen LogP contribution in [0.4, 0.5) is 14.7 Å². The smallest absolute Gasteiger partial charge is 0.459 e. The van der Waals surface area contributed by atoms with Crippen molar-refractivity contribution in [3.63, 3.8) is 0 Å². The maximum absolute atomic E-state index is 14.7. The van der Waals surface area contributed by atoms with Crippen LogP contribution in [-0.4, -0.2) is 73.3 Å². The number of aliphatic hydroxyl groups excluding tert-OH is 1. The van der Waals surface area contributed by atoms with Crippen molar-refractivity contribution in [3.05, 3.63) is 84.2 Å². The fraction of sp³-hybridized carbons (Fsp3) is 0.353. The Morgan fingerprint density at radius 1 is 1.15 bits per heavy atom. The molecule has 18 heteroatoms. The first-order valence-corrected chi connectivity index (χ1v) is 17.6. The molecule has 3 aromatic carbocycles. The highest BCUT2D eigenvalue weighted by molar-refractivity contribution is 7.52. The van der Waals surface area contributed by atoms with Crippen molar-refractivity contribution in [1.29, 1.82) is 0 Å². The molecule has 1 fully saturated rings. The van der Waals surface area contributed by atoms with Gasteiger partial charge in [0, 0.05) is 17.0 Å². The summed E-state index contributed by atoms with van der Waals surface area (Å²) in [6.45, 7) is 3.47. The maximum Gasteiger partial charge on any atom is 0.459 e. The first kappa shape index (κ1) is 37.0. The fourth-order valence-electron chi connectivity index (χ4n) is 5.79. The van der Waals surface area contributed by atoms with Gasteiger partial charge in [-0.3, -0.25) is 13.9 Å². The average Bonchev–Trinajstić information content (AvgIpc) is 3.62. The molecule has 3 heterocycles. The van der Waals surface area contributed by atoms with Crippen molar-refractivity contribution in [3.8, 4) is 11.6 Å². The van der Waals surface area contributed by atoms with Gasteiger partial charge in [-0.2, -0.15) is 15.1 Å². The van der Waals surface area contributed by atoms with Gasteiger partial charge in [0.1, 0.15) is 47.8 Å². The number of carbonyl (C=O) groups is 1. The van der Waals surface area contributed by atoms with Gasteiger partial charge in [0.05, 0.1) is 20.0 Å². The highest BCUT2D eigenvalue weighted by Crippen LogP contribution is 2.49. The van der Waals surface area contributed by atoms with Crippen LogP contribution in [0.1, 0.15) is 32.6 Å². The van der Waals surface area contributed by atoms with E-state index in [1.54, 1.807) is 38.1 Å². The molecular weight excluding hydrogens is 705 g/mol. The number of hydrogen-bond donors (Lipinski definition) is 4. The molecular formula is C34H37F2N6O9P. The zero-order valence-corrected chi connectivity index (χ0v) is 29.4. The molecule has 1 aliphatic rings. The van der Waals surface area contributed by atoms with Crippen molar-refractivity contribution < 1.29 is 51.6 Å². The second-order valence-corrected chi connectivity index (χ2v) is 14.4. The lowest BCUT2D eigenvalue weighted by atomic mass is 9.96. The van der Waals surface area contributed by atoms with Crippen LogP contribution in [0.15, 0.2) is 67.0 Å². The van der Waals surface area contributed by atoms with Crippen LogP contribution < -0.4 is 20.1 Å². The number of benzene rings is 3. The number of methoxy groups -OCH3 is 1. The second kappa shape index (κ2) is 14.7. The maximum atomic E-state index is 14.7. The molecule has 0 aliphatic carbocycles. The number of esters is 1. The number of nitrogens with zero attached hydrogens (tertiary/aromatic N) is 4. The van der Waals surface area contributed by atoms with Crippen molar-refractivity contribution in [2.24, 2.45) is 5.92 Å². The molecule has 6 unspecified atom stereocenters. The number of hydrogen-bond acceptors (Lipinski definition) is 13. The molecule has 1 aliphatic heterocycles. The number of nitrogen functional groups attached to an aromatic ring is 1. The molecule has 2 aromatic heterocycles. The minimum absolute atomic E-state index is 0.0732. The Bertz CT molecular complexity index is 2150. The zero-order chi connectivity index (χ0) is 37.4. The highest BCUT2D eigenvalue weighted by Gasteiger charge is 2.54.